The standard InChI is InChI=1S/C18H27N3O4/c1-12(22)13-9-15(19-10-13)16(23)20-14-7-5-6-8-21(11-14)17(24)25-18(2,3)4/h9-10,14,19H,5-8,11H2,1-4H3,(H,20,23). The molecule has 7 nitrogen and oxygen atoms in total. The minimum absolute atomic E-state index is 0.0964. The van der Waals surface area contributed by atoms with E-state index in [2.05, 4.69) is 10.3 Å². The first-order chi connectivity index (χ1) is 11.7. The van der Waals surface area contributed by atoms with Crippen LogP contribution in [-0.4, -0.2) is 52.4 Å². The van der Waals surface area contributed by atoms with E-state index in [4.69, 9.17) is 4.74 Å². The molecule has 1 unspecified atom stereocenters. The van der Waals surface area contributed by atoms with Crippen molar-refractivity contribution in [2.45, 2.75) is 58.6 Å². The summed E-state index contributed by atoms with van der Waals surface area (Å²) in [6, 6.07) is 1.40. The summed E-state index contributed by atoms with van der Waals surface area (Å²) < 4.78 is 5.43. The summed E-state index contributed by atoms with van der Waals surface area (Å²) in [6.07, 6.45) is 3.77. The number of aromatic amines is 1. The van der Waals surface area contributed by atoms with E-state index < -0.39 is 5.60 Å². The van der Waals surface area contributed by atoms with Gasteiger partial charge < -0.3 is 19.9 Å². The number of aromatic nitrogens is 1. The van der Waals surface area contributed by atoms with Gasteiger partial charge in [0.05, 0.1) is 0 Å². The highest BCUT2D eigenvalue weighted by Crippen LogP contribution is 2.16. The molecular formula is C18H27N3O4. The number of H-pyrrole nitrogens is 1. The Labute approximate surface area is 148 Å². The molecule has 0 radical (unpaired) electrons. The minimum atomic E-state index is -0.546. The molecule has 0 bridgehead atoms. The lowest BCUT2D eigenvalue weighted by atomic mass is 10.1. The van der Waals surface area contributed by atoms with Gasteiger partial charge in [0.25, 0.3) is 5.91 Å². The van der Waals surface area contributed by atoms with E-state index in [1.807, 2.05) is 20.8 Å². The largest absolute Gasteiger partial charge is 0.444 e. The molecule has 1 aliphatic rings. The number of hydrogen-bond acceptors (Lipinski definition) is 4. The normalized spacial score (nSPS) is 18.4. The number of likely N-dealkylation sites (tertiary alicyclic amines) is 1. The van der Waals surface area contributed by atoms with Crippen molar-refractivity contribution in [1.82, 2.24) is 15.2 Å². The van der Waals surface area contributed by atoms with Crippen LogP contribution in [0, 0.1) is 0 Å². The van der Waals surface area contributed by atoms with Crippen molar-refractivity contribution in [2.24, 2.45) is 0 Å². The number of nitrogens with zero attached hydrogens (tertiary/aromatic N) is 1. The predicted molar refractivity (Wildman–Crippen MR) is 93.7 cm³/mol. The Kier molecular flexibility index (Phi) is 5.87. The molecule has 7 heteroatoms. The molecular weight excluding hydrogens is 322 g/mol. The maximum absolute atomic E-state index is 12.4. The van der Waals surface area contributed by atoms with Gasteiger partial charge in [-0.1, -0.05) is 0 Å². The number of hydrogen-bond donors (Lipinski definition) is 2. The number of Topliss-reactive ketones (excluding diaryl/α,β-unsaturated/α-hetero) is 1. The van der Waals surface area contributed by atoms with E-state index >= 15 is 0 Å². The van der Waals surface area contributed by atoms with E-state index in [1.54, 1.807) is 11.0 Å². The lowest BCUT2D eigenvalue weighted by Crippen LogP contribution is -2.46. The average Bonchev–Trinajstić information content (AvgIpc) is 2.87. The van der Waals surface area contributed by atoms with Crippen molar-refractivity contribution in [3.05, 3.63) is 23.5 Å². The van der Waals surface area contributed by atoms with E-state index in [1.165, 1.54) is 13.1 Å². The Bertz CT molecular complexity index is 645. The van der Waals surface area contributed by atoms with Crippen molar-refractivity contribution in [3.63, 3.8) is 0 Å². The maximum Gasteiger partial charge on any atom is 0.410 e. The number of amides is 2. The van der Waals surface area contributed by atoms with Crippen molar-refractivity contribution in [3.8, 4) is 0 Å². The Hall–Kier alpha value is -2.31. The van der Waals surface area contributed by atoms with Crippen LogP contribution in [-0.2, 0) is 4.74 Å². The van der Waals surface area contributed by atoms with Gasteiger partial charge in [0.15, 0.2) is 5.78 Å². The zero-order chi connectivity index (χ0) is 18.6. The number of nitrogens with one attached hydrogen (secondary N) is 2. The van der Waals surface area contributed by atoms with E-state index in [-0.39, 0.29) is 23.8 Å². The molecule has 0 aliphatic carbocycles. The minimum Gasteiger partial charge on any atom is -0.444 e. The third-order valence-electron chi connectivity index (χ3n) is 3.99. The molecule has 1 aromatic heterocycles. The summed E-state index contributed by atoms with van der Waals surface area (Å²) in [5.41, 5.74) is 0.273. The molecule has 0 saturated carbocycles. The molecule has 1 fully saturated rings. The van der Waals surface area contributed by atoms with Gasteiger partial charge in [0.1, 0.15) is 11.3 Å². The number of rotatable bonds is 3. The van der Waals surface area contributed by atoms with Gasteiger partial charge in [-0.3, -0.25) is 9.59 Å². The molecule has 2 amide bonds. The van der Waals surface area contributed by atoms with Gasteiger partial charge in [-0.05, 0) is 53.0 Å². The predicted octanol–water partition coefficient (Wildman–Crippen LogP) is 2.74. The first-order valence-electron chi connectivity index (χ1n) is 8.64. The van der Waals surface area contributed by atoms with Crippen molar-refractivity contribution >= 4 is 17.8 Å². The van der Waals surface area contributed by atoms with Crippen LogP contribution >= 0.6 is 0 Å². The summed E-state index contributed by atoms with van der Waals surface area (Å²) in [5.74, 6) is -0.371. The highest BCUT2D eigenvalue weighted by Gasteiger charge is 2.27. The molecule has 138 valence electrons. The lowest BCUT2D eigenvalue weighted by Gasteiger charge is -2.28. The van der Waals surface area contributed by atoms with Gasteiger partial charge in [-0.2, -0.15) is 0 Å². The third kappa shape index (κ3) is 5.62. The Morgan fingerprint density at radius 2 is 2.00 bits per heavy atom. The molecule has 1 aromatic rings. The summed E-state index contributed by atoms with van der Waals surface area (Å²) in [4.78, 5) is 40.5. The van der Waals surface area contributed by atoms with Crippen LogP contribution in [0.5, 0.6) is 0 Å². The number of carbonyl (C=O) groups is 3. The van der Waals surface area contributed by atoms with Gasteiger partial charge >= 0.3 is 6.09 Å². The highest BCUT2D eigenvalue weighted by molar-refractivity contribution is 5.99. The van der Waals surface area contributed by atoms with Gasteiger partial charge in [0.2, 0.25) is 0 Å². The fourth-order valence-corrected chi connectivity index (χ4v) is 2.74. The Morgan fingerprint density at radius 1 is 1.28 bits per heavy atom. The van der Waals surface area contributed by atoms with E-state index in [0.29, 0.717) is 24.3 Å². The van der Waals surface area contributed by atoms with Gasteiger partial charge in [0, 0.05) is 30.9 Å². The first kappa shape index (κ1) is 19.0. The van der Waals surface area contributed by atoms with Crippen LogP contribution in [0.2, 0.25) is 0 Å². The fraction of sp³-hybridized carbons (Fsp3) is 0.611. The SMILES string of the molecule is CC(=O)c1c[nH]c(C(=O)NC2CCCCN(C(=O)OC(C)(C)C)C2)c1. The van der Waals surface area contributed by atoms with Crippen molar-refractivity contribution < 1.29 is 19.1 Å². The smallest absolute Gasteiger partial charge is 0.410 e. The summed E-state index contributed by atoms with van der Waals surface area (Å²) in [6.45, 7) is 7.99. The fourth-order valence-electron chi connectivity index (χ4n) is 2.74. The van der Waals surface area contributed by atoms with Crippen LogP contribution in [0.3, 0.4) is 0 Å². The Morgan fingerprint density at radius 3 is 2.60 bits per heavy atom. The third-order valence-corrected chi connectivity index (χ3v) is 3.99. The van der Waals surface area contributed by atoms with Gasteiger partial charge in [-0.15, -0.1) is 0 Å². The second-order valence-electron chi connectivity index (χ2n) is 7.45. The molecule has 1 aliphatic heterocycles. The van der Waals surface area contributed by atoms with Crippen LogP contribution < -0.4 is 5.32 Å². The number of ketones is 1. The summed E-state index contributed by atoms with van der Waals surface area (Å²) in [7, 11) is 0. The summed E-state index contributed by atoms with van der Waals surface area (Å²) in [5, 5.41) is 2.94. The van der Waals surface area contributed by atoms with Crippen molar-refractivity contribution in [2.75, 3.05) is 13.1 Å². The molecule has 2 N–H and O–H groups in total. The second-order valence-corrected chi connectivity index (χ2v) is 7.45. The topological polar surface area (TPSA) is 91.5 Å². The molecule has 0 aromatic carbocycles. The molecule has 0 spiro atoms. The second kappa shape index (κ2) is 7.72. The van der Waals surface area contributed by atoms with Gasteiger partial charge in [-0.25, -0.2) is 4.79 Å². The lowest BCUT2D eigenvalue weighted by molar-refractivity contribution is 0.0242. The Balaban J connectivity index is 1.99. The molecule has 1 saturated heterocycles. The monoisotopic (exact) mass is 349 g/mol. The van der Waals surface area contributed by atoms with E-state index in [0.717, 1.165) is 19.3 Å². The van der Waals surface area contributed by atoms with Crippen LogP contribution in [0.4, 0.5) is 4.79 Å². The zero-order valence-corrected chi connectivity index (χ0v) is 15.3. The summed E-state index contributed by atoms with van der Waals surface area (Å²) >= 11 is 0. The highest BCUT2D eigenvalue weighted by atomic mass is 16.6. The number of carbonyl (C=O) groups excluding carboxylic acids is 3. The molecule has 1 atom stereocenters. The van der Waals surface area contributed by atoms with E-state index in [9.17, 15) is 14.4 Å². The molecule has 25 heavy (non-hydrogen) atoms. The number of ether oxygens (including phenoxy) is 1. The zero-order valence-electron chi connectivity index (χ0n) is 15.3. The first-order valence-corrected chi connectivity index (χ1v) is 8.64. The van der Waals surface area contributed by atoms with Crippen LogP contribution in [0.1, 0.15) is 67.8 Å². The average molecular weight is 349 g/mol. The quantitative estimate of drug-likeness (QED) is 0.821. The van der Waals surface area contributed by atoms with Crippen LogP contribution in [0.25, 0.3) is 0 Å². The molecule has 2 rings (SSSR count). The van der Waals surface area contributed by atoms with Crippen molar-refractivity contribution in [1.29, 1.82) is 0 Å². The molecule has 2 heterocycles. The van der Waals surface area contributed by atoms with Crippen LogP contribution in [0.15, 0.2) is 12.3 Å². The maximum atomic E-state index is 12.4.